The predicted molar refractivity (Wildman–Crippen MR) is 104 cm³/mol. The Hall–Kier alpha value is -2.55. The van der Waals surface area contributed by atoms with Crippen molar-refractivity contribution in [2.75, 3.05) is 12.3 Å². The quantitative estimate of drug-likeness (QED) is 0.622. The zero-order valence-electron chi connectivity index (χ0n) is 15.3. The number of benzene rings is 1. The van der Waals surface area contributed by atoms with E-state index in [2.05, 4.69) is 28.0 Å². The lowest BCUT2D eigenvalue weighted by atomic mass is 10.0. The van der Waals surface area contributed by atoms with Crippen LogP contribution in [0.3, 0.4) is 0 Å². The second-order valence-corrected chi connectivity index (χ2v) is 7.02. The third kappa shape index (κ3) is 3.99. The van der Waals surface area contributed by atoms with Crippen LogP contribution >= 0.6 is 12.6 Å². The van der Waals surface area contributed by atoms with Gasteiger partial charge in [-0.05, 0) is 17.5 Å². The second-order valence-electron chi connectivity index (χ2n) is 6.57. The third-order valence-corrected chi connectivity index (χ3v) is 4.50. The van der Waals surface area contributed by atoms with Gasteiger partial charge in [-0.1, -0.05) is 38.1 Å². The van der Waals surface area contributed by atoms with Gasteiger partial charge in [0.2, 0.25) is 0 Å². The average Bonchev–Trinajstić information content (AvgIpc) is 3.08. The molecule has 9 heteroatoms. The molecule has 3 aromatic rings. The number of fused-ring (bicyclic) bond motifs is 1. The minimum atomic E-state index is -4.65. The van der Waals surface area contributed by atoms with E-state index in [1.807, 2.05) is 26.0 Å². The minimum absolute atomic E-state index is 0.0204. The van der Waals surface area contributed by atoms with E-state index in [0.29, 0.717) is 21.7 Å². The van der Waals surface area contributed by atoms with Crippen molar-refractivity contribution in [2.24, 2.45) is 0 Å². The third-order valence-electron chi connectivity index (χ3n) is 4.28. The van der Waals surface area contributed by atoms with Gasteiger partial charge in [0.1, 0.15) is 5.56 Å². The molecule has 0 aliphatic heterocycles. The van der Waals surface area contributed by atoms with Crippen molar-refractivity contribution in [1.82, 2.24) is 19.9 Å². The van der Waals surface area contributed by atoms with Gasteiger partial charge in [0.25, 0.3) is 5.91 Å². The van der Waals surface area contributed by atoms with Gasteiger partial charge in [-0.3, -0.25) is 4.79 Å². The number of rotatable bonds is 5. The summed E-state index contributed by atoms with van der Waals surface area (Å²) < 4.78 is 41.4. The Morgan fingerprint density at radius 2 is 1.93 bits per heavy atom. The first-order valence-corrected chi connectivity index (χ1v) is 9.31. The van der Waals surface area contributed by atoms with Crippen LogP contribution in [0.1, 0.15) is 41.4 Å². The summed E-state index contributed by atoms with van der Waals surface area (Å²) in [4.78, 5) is 16.6. The lowest BCUT2D eigenvalue weighted by Gasteiger charge is -2.12. The maximum Gasteiger partial charge on any atom is 0.433 e. The van der Waals surface area contributed by atoms with Crippen molar-refractivity contribution < 1.29 is 18.0 Å². The van der Waals surface area contributed by atoms with Crippen LogP contribution in [-0.4, -0.2) is 32.8 Å². The number of carbonyl (C=O) groups is 1. The van der Waals surface area contributed by atoms with Crippen LogP contribution in [0.5, 0.6) is 0 Å². The largest absolute Gasteiger partial charge is 0.433 e. The highest BCUT2D eigenvalue weighted by Gasteiger charge is 2.36. The molecule has 2 heterocycles. The van der Waals surface area contributed by atoms with Crippen LogP contribution in [-0.2, 0) is 6.18 Å². The molecule has 1 N–H and O–H groups in total. The Morgan fingerprint density at radius 3 is 2.50 bits per heavy atom. The summed E-state index contributed by atoms with van der Waals surface area (Å²) in [6, 6.07) is 8.11. The summed E-state index contributed by atoms with van der Waals surface area (Å²) in [5.41, 5.74) is 0.562. The molecule has 3 rings (SSSR count). The van der Waals surface area contributed by atoms with Crippen molar-refractivity contribution in [2.45, 2.75) is 25.9 Å². The van der Waals surface area contributed by atoms with Crippen molar-refractivity contribution in [3.05, 3.63) is 53.3 Å². The number of hydrogen-bond donors (Lipinski definition) is 2. The van der Waals surface area contributed by atoms with Gasteiger partial charge in [-0.25, -0.2) is 9.50 Å². The summed E-state index contributed by atoms with van der Waals surface area (Å²) in [7, 11) is 0. The fraction of sp³-hybridized carbons (Fsp3) is 0.316. The van der Waals surface area contributed by atoms with E-state index < -0.39 is 17.8 Å². The summed E-state index contributed by atoms with van der Waals surface area (Å²) in [5.74, 6) is 0.156. The molecular formula is C19H19F3N4OS. The molecule has 1 amide bonds. The van der Waals surface area contributed by atoms with E-state index in [-0.39, 0.29) is 23.4 Å². The highest BCUT2D eigenvalue weighted by Crippen LogP contribution is 2.33. The van der Waals surface area contributed by atoms with Crippen molar-refractivity contribution in [3.8, 4) is 11.3 Å². The van der Waals surface area contributed by atoms with Crippen LogP contribution < -0.4 is 5.32 Å². The van der Waals surface area contributed by atoms with Crippen LogP contribution in [0, 0.1) is 0 Å². The molecular weight excluding hydrogens is 389 g/mol. The lowest BCUT2D eigenvalue weighted by Crippen LogP contribution is -2.25. The summed E-state index contributed by atoms with van der Waals surface area (Å²) in [5, 5.41) is 6.31. The maximum atomic E-state index is 13.6. The molecule has 0 bridgehead atoms. The summed E-state index contributed by atoms with van der Waals surface area (Å²) >= 11 is 4.01. The maximum absolute atomic E-state index is 13.6. The second kappa shape index (κ2) is 7.83. The molecule has 0 atom stereocenters. The van der Waals surface area contributed by atoms with Crippen molar-refractivity contribution in [1.29, 1.82) is 0 Å². The topological polar surface area (TPSA) is 59.3 Å². The van der Waals surface area contributed by atoms with Crippen molar-refractivity contribution >= 4 is 24.2 Å². The molecule has 0 saturated carbocycles. The smallest absolute Gasteiger partial charge is 0.351 e. The number of aromatic nitrogens is 3. The number of nitrogens with one attached hydrogen (secondary N) is 1. The molecule has 2 aromatic heterocycles. The first-order chi connectivity index (χ1) is 13.2. The normalized spacial score (nSPS) is 12.0. The number of alkyl halides is 3. The van der Waals surface area contributed by atoms with Gasteiger partial charge < -0.3 is 5.32 Å². The molecule has 0 radical (unpaired) electrons. The van der Waals surface area contributed by atoms with Gasteiger partial charge in [-0.15, -0.1) is 0 Å². The van der Waals surface area contributed by atoms with Crippen molar-refractivity contribution in [3.63, 3.8) is 0 Å². The summed E-state index contributed by atoms with van der Waals surface area (Å²) in [6.45, 7) is 4.34. The number of hydrogen-bond acceptors (Lipinski definition) is 4. The van der Waals surface area contributed by atoms with Gasteiger partial charge in [-0.2, -0.15) is 30.9 Å². The summed E-state index contributed by atoms with van der Waals surface area (Å²) in [6.07, 6.45) is -3.56. The molecule has 0 unspecified atom stereocenters. The number of thiol groups is 1. The van der Waals surface area contributed by atoms with E-state index in [9.17, 15) is 18.0 Å². The molecule has 0 aliphatic rings. The van der Waals surface area contributed by atoms with Gasteiger partial charge in [0.05, 0.1) is 11.9 Å². The molecule has 28 heavy (non-hydrogen) atoms. The molecule has 1 aromatic carbocycles. The zero-order chi connectivity index (χ0) is 20.5. The monoisotopic (exact) mass is 408 g/mol. The number of carbonyl (C=O) groups excluding carboxylic acids is 1. The SMILES string of the molecule is CC(C)c1ccc(-c2cc(C(F)(F)F)n3ncc(C(=O)NCCS)c3n2)cc1. The Bertz CT molecular complexity index is 997. The Morgan fingerprint density at radius 1 is 1.25 bits per heavy atom. The Labute approximate surface area is 165 Å². The van der Waals surface area contributed by atoms with Gasteiger partial charge >= 0.3 is 6.18 Å². The minimum Gasteiger partial charge on any atom is -0.351 e. The van der Waals surface area contributed by atoms with E-state index >= 15 is 0 Å². The number of nitrogens with zero attached hydrogens (tertiary/aromatic N) is 3. The first kappa shape index (κ1) is 20.2. The lowest BCUT2D eigenvalue weighted by molar-refractivity contribution is -0.142. The number of halogens is 3. The fourth-order valence-corrected chi connectivity index (χ4v) is 2.89. The predicted octanol–water partition coefficient (Wildman–Crippen LogP) is 4.20. The highest BCUT2D eigenvalue weighted by atomic mass is 32.1. The van der Waals surface area contributed by atoms with Gasteiger partial charge in [0.15, 0.2) is 11.3 Å². The molecule has 148 valence electrons. The van der Waals surface area contributed by atoms with Gasteiger partial charge in [0, 0.05) is 17.9 Å². The highest BCUT2D eigenvalue weighted by molar-refractivity contribution is 7.80. The van der Waals surface area contributed by atoms with E-state index in [4.69, 9.17) is 0 Å². The molecule has 0 fully saturated rings. The standard InChI is InChI=1S/C19H19F3N4OS/c1-11(2)12-3-5-13(6-4-12)15-9-16(19(20,21)22)26-17(25-15)14(10-24-26)18(27)23-7-8-28/h3-6,9-11,28H,7-8H2,1-2H3,(H,23,27). The van der Waals surface area contributed by atoms with E-state index in [1.165, 1.54) is 0 Å². The van der Waals surface area contributed by atoms with E-state index in [1.54, 1.807) is 12.1 Å². The average molecular weight is 408 g/mol. The van der Waals surface area contributed by atoms with E-state index in [0.717, 1.165) is 17.8 Å². The zero-order valence-corrected chi connectivity index (χ0v) is 16.2. The Balaban J connectivity index is 2.16. The van der Waals surface area contributed by atoms with Crippen LogP contribution in [0.25, 0.3) is 16.9 Å². The molecule has 0 spiro atoms. The molecule has 5 nitrogen and oxygen atoms in total. The van der Waals surface area contributed by atoms with Crippen LogP contribution in [0.15, 0.2) is 36.5 Å². The molecule has 0 saturated heterocycles. The first-order valence-electron chi connectivity index (χ1n) is 8.67. The molecule has 0 aliphatic carbocycles. The fourth-order valence-electron chi connectivity index (χ4n) is 2.78. The van der Waals surface area contributed by atoms with Crippen LogP contribution in [0.2, 0.25) is 0 Å². The van der Waals surface area contributed by atoms with Crippen LogP contribution in [0.4, 0.5) is 13.2 Å². The number of amides is 1. The Kier molecular flexibility index (Phi) is 5.64.